The monoisotopic (exact) mass is 357 g/mol. The van der Waals surface area contributed by atoms with Crippen LogP contribution in [0.3, 0.4) is 0 Å². The summed E-state index contributed by atoms with van der Waals surface area (Å²) < 4.78 is 12.2. The first kappa shape index (κ1) is 18.1. The number of thiazole rings is 1. The summed E-state index contributed by atoms with van der Waals surface area (Å²) in [5.41, 5.74) is 14.8. The maximum Gasteiger partial charge on any atom is 0.491 e. The average Bonchev–Trinajstić information content (AvgIpc) is 3.06. The molecule has 3 rings (SSSR count). The van der Waals surface area contributed by atoms with E-state index in [1.165, 1.54) is 11.3 Å². The van der Waals surface area contributed by atoms with Gasteiger partial charge in [0.1, 0.15) is 0 Å². The van der Waals surface area contributed by atoms with Crippen molar-refractivity contribution in [3.05, 3.63) is 40.7 Å². The molecule has 5 nitrogen and oxygen atoms in total. The second kappa shape index (κ2) is 6.57. The zero-order valence-electron chi connectivity index (χ0n) is 15.1. The van der Waals surface area contributed by atoms with Gasteiger partial charge in [-0.2, -0.15) is 0 Å². The molecule has 0 atom stereocenters. The predicted molar refractivity (Wildman–Crippen MR) is 105 cm³/mol. The van der Waals surface area contributed by atoms with Gasteiger partial charge in [-0.15, -0.1) is 11.3 Å². The van der Waals surface area contributed by atoms with E-state index in [-0.39, 0.29) is 11.2 Å². The van der Waals surface area contributed by atoms with Crippen molar-refractivity contribution in [3.63, 3.8) is 0 Å². The summed E-state index contributed by atoms with van der Waals surface area (Å²) in [6.45, 7) is 8.52. The van der Waals surface area contributed by atoms with Gasteiger partial charge in [-0.1, -0.05) is 30.3 Å². The fourth-order valence-electron chi connectivity index (χ4n) is 2.60. The van der Waals surface area contributed by atoms with E-state index >= 15 is 0 Å². The smallest absolute Gasteiger partial charge is 0.400 e. The Bertz CT molecular complexity index is 768. The van der Waals surface area contributed by atoms with Gasteiger partial charge in [0.15, 0.2) is 5.13 Å². The number of benzene rings is 1. The number of hydrogen-bond acceptors (Lipinski definition) is 6. The quantitative estimate of drug-likeness (QED) is 0.820. The second-order valence-corrected chi connectivity index (χ2v) is 8.09. The number of anilines is 1. The number of rotatable bonds is 4. The molecule has 1 aliphatic rings. The molecule has 0 aliphatic carbocycles. The molecular weight excluding hydrogens is 333 g/mol. The highest BCUT2D eigenvalue weighted by Gasteiger charge is 2.52. The van der Waals surface area contributed by atoms with Crippen LogP contribution in [0.5, 0.6) is 0 Å². The van der Waals surface area contributed by atoms with Gasteiger partial charge in [0, 0.05) is 17.5 Å². The molecular formula is C18H24BN3O2S. The summed E-state index contributed by atoms with van der Waals surface area (Å²) in [6.07, 6.45) is 2.03. The van der Waals surface area contributed by atoms with Gasteiger partial charge in [-0.3, -0.25) is 0 Å². The highest BCUT2D eigenvalue weighted by molar-refractivity contribution is 7.13. The Balaban J connectivity index is 1.81. The molecule has 1 saturated heterocycles. The van der Waals surface area contributed by atoms with Crippen LogP contribution in [0.25, 0.3) is 17.3 Å². The third kappa shape index (κ3) is 3.65. The van der Waals surface area contributed by atoms with Gasteiger partial charge in [-0.05, 0) is 38.7 Å². The Morgan fingerprint density at radius 2 is 1.76 bits per heavy atom. The minimum atomic E-state index is -0.423. The van der Waals surface area contributed by atoms with E-state index in [9.17, 15) is 0 Å². The lowest BCUT2D eigenvalue weighted by Crippen LogP contribution is -2.41. The number of hydrogen-bond donors (Lipinski definition) is 2. The molecule has 2 heterocycles. The Morgan fingerprint density at radius 1 is 1.16 bits per heavy atom. The molecule has 1 aromatic heterocycles. The Kier molecular flexibility index (Phi) is 4.77. The van der Waals surface area contributed by atoms with Crippen LogP contribution >= 0.6 is 11.3 Å². The lowest BCUT2D eigenvalue weighted by molar-refractivity contribution is 0.00578. The molecule has 132 valence electrons. The normalized spacial score (nSPS) is 19.4. The standard InChI is InChI=1S/C18H24BN3O2S/c1-17(2)18(3,4)24-19(23-17)14(10-20)9-12-5-7-13(8-6-12)15-11-25-16(21)22-15/h5-9,11H,10,20H2,1-4H3,(H2,21,22). The highest BCUT2D eigenvalue weighted by Crippen LogP contribution is 2.38. The van der Waals surface area contributed by atoms with Crippen molar-refractivity contribution in [2.24, 2.45) is 5.73 Å². The summed E-state index contributed by atoms with van der Waals surface area (Å²) >= 11 is 1.44. The van der Waals surface area contributed by atoms with Gasteiger partial charge in [0.25, 0.3) is 0 Å². The highest BCUT2D eigenvalue weighted by atomic mass is 32.1. The fourth-order valence-corrected chi connectivity index (χ4v) is 3.17. The Hall–Kier alpha value is -1.67. The number of nitrogens with zero attached hydrogens (tertiary/aromatic N) is 1. The van der Waals surface area contributed by atoms with Crippen molar-refractivity contribution in [3.8, 4) is 11.3 Å². The summed E-state index contributed by atoms with van der Waals surface area (Å²) in [7, 11) is -0.423. The molecule has 0 unspecified atom stereocenters. The van der Waals surface area contributed by atoms with Crippen LogP contribution in [0.15, 0.2) is 35.1 Å². The fraction of sp³-hybridized carbons (Fsp3) is 0.389. The molecule has 0 bridgehead atoms. The van der Waals surface area contributed by atoms with Crippen LogP contribution in [0.2, 0.25) is 0 Å². The van der Waals surface area contributed by atoms with Crippen LogP contribution in [0.4, 0.5) is 5.13 Å². The molecule has 0 saturated carbocycles. The zero-order valence-corrected chi connectivity index (χ0v) is 15.9. The SMILES string of the molecule is CC1(C)OB(C(=Cc2ccc(-c3csc(N)n3)cc2)CN)OC1(C)C. The average molecular weight is 357 g/mol. The van der Waals surface area contributed by atoms with Gasteiger partial charge in [-0.25, -0.2) is 4.98 Å². The van der Waals surface area contributed by atoms with Crippen LogP contribution in [0, 0.1) is 0 Å². The first-order valence-electron chi connectivity index (χ1n) is 8.29. The number of aromatic nitrogens is 1. The Morgan fingerprint density at radius 3 is 2.24 bits per heavy atom. The molecule has 0 amide bonds. The molecule has 1 aliphatic heterocycles. The van der Waals surface area contributed by atoms with Crippen molar-refractivity contribution in [1.29, 1.82) is 0 Å². The van der Waals surface area contributed by atoms with Crippen LogP contribution in [0.1, 0.15) is 33.3 Å². The summed E-state index contributed by atoms with van der Waals surface area (Å²) in [6, 6.07) is 8.12. The summed E-state index contributed by atoms with van der Waals surface area (Å²) in [4.78, 5) is 4.30. The number of nitrogen functional groups attached to an aromatic ring is 1. The lowest BCUT2D eigenvalue weighted by Gasteiger charge is -2.32. The summed E-state index contributed by atoms with van der Waals surface area (Å²) in [5, 5.41) is 2.53. The largest absolute Gasteiger partial charge is 0.491 e. The first-order valence-corrected chi connectivity index (χ1v) is 9.17. The van der Waals surface area contributed by atoms with Crippen LogP contribution in [-0.4, -0.2) is 29.8 Å². The van der Waals surface area contributed by atoms with E-state index in [1.54, 1.807) is 0 Å². The van der Waals surface area contributed by atoms with Crippen molar-refractivity contribution in [2.75, 3.05) is 12.3 Å². The molecule has 2 aromatic rings. The van der Waals surface area contributed by atoms with E-state index in [0.29, 0.717) is 11.7 Å². The molecule has 1 aromatic carbocycles. The second-order valence-electron chi connectivity index (χ2n) is 7.20. The van der Waals surface area contributed by atoms with E-state index in [4.69, 9.17) is 20.8 Å². The van der Waals surface area contributed by atoms with Gasteiger partial charge in [0.2, 0.25) is 0 Å². The van der Waals surface area contributed by atoms with Gasteiger partial charge < -0.3 is 20.8 Å². The van der Waals surface area contributed by atoms with E-state index in [1.807, 2.05) is 63.4 Å². The van der Waals surface area contributed by atoms with Gasteiger partial charge in [0.05, 0.1) is 16.9 Å². The third-order valence-electron chi connectivity index (χ3n) is 4.87. The minimum absolute atomic E-state index is 0.375. The predicted octanol–water partition coefficient (Wildman–Crippen LogP) is 3.37. The van der Waals surface area contributed by atoms with Crippen molar-refractivity contribution >= 4 is 29.7 Å². The molecule has 4 N–H and O–H groups in total. The van der Waals surface area contributed by atoms with Crippen LogP contribution in [-0.2, 0) is 9.31 Å². The van der Waals surface area contributed by atoms with Crippen molar-refractivity contribution < 1.29 is 9.31 Å². The van der Waals surface area contributed by atoms with Gasteiger partial charge >= 0.3 is 7.12 Å². The molecule has 0 spiro atoms. The minimum Gasteiger partial charge on any atom is -0.400 e. The van der Waals surface area contributed by atoms with E-state index in [0.717, 1.165) is 22.3 Å². The third-order valence-corrected chi connectivity index (χ3v) is 5.55. The van der Waals surface area contributed by atoms with Crippen LogP contribution < -0.4 is 11.5 Å². The Labute approximate surface area is 153 Å². The lowest BCUT2D eigenvalue weighted by atomic mass is 9.77. The van der Waals surface area contributed by atoms with Crippen molar-refractivity contribution in [1.82, 2.24) is 4.98 Å². The summed E-state index contributed by atoms with van der Waals surface area (Å²) in [5.74, 6) is 0. The van der Waals surface area contributed by atoms with E-state index < -0.39 is 7.12 Å². The van der Waals surface area contributed by atoms with E-state index in [2.05, 4.69) is 4.98 Å². The molecule has 25 heavy (non-hydrogen) atoms. The molecule has 0 radical (unpaired) electrons. The topological polar surface area (TPSA) is 83.4 Å². The molecule has 1 fully saturated rings. The zero-order chi connectivity index (χ0) is 18.2. The molecule has 7 heteroatoms. The first-order chi connectivity index (χ1) is 11.7. The number of nitrogens with two attached hydrogens (primary N) is 2. The maximum absolute atomic E-state index is 6.09. The maximum atomic E-state index is 6.09. The van der Waals surface area contributed by atoms with Crippen molar-refractivity contribution in [2.45, 2.75) is 38.9 Å².